The molecular weight excluding hydrogens is 375 g/mol. The number of aromatic hydroxyl groups is 1. The highest BCUT2D eigenvalue weighted by molar-refractivity contribution is 5.96. The summed E-state index contributed by atoms with van der Waals surface area (Å²) in [6.45, 7) is 0.228. The smallest absolute Gasteiger partial charge is 0.271 e. The number of halogens is 1. The van der Waals surface area contributed by atoms with Gasteiger partial charge in [0.2, 0.25) is 5.91 Å². The zero-order valence-corrected chi connectivity index (χ0v) is 15.4. The molecule has 0 saturated carbocycles. The van der Waals surface area contributed by atoms with Gasteiger partial charge in [0.05, 0.1) is 11.1 Å². The Morgan fingerprint density at radius 3 is 2.52 bits per heavy atom. The van der Waals surface area contributed by atoms with Crippen molar-refractivity contribution in [1.29, 1.82) is 0 Å². The number of phenolic OH excluding ortho intramolecular Hbond substituents is 1. The predicted molar refractivity (Wildman–Crippen MR) is 103 cm³/mol. The van der Waals surface area contributed by atoms with Crippen molar-refractivity contribution in [3.8, 4) is 17.0 Å². The number of carbonyl (C=O) groups is 2. The average molecular weight is 394 g/mol. The Morgan fingerprint density at radius 2 is 1.86 bits per heavy atom. The Bertz CT molecular complexity index is 1070. The van der Waals surface area contributed by atoms with Gasteiger partial charge in [-0.05, 0) is 48.4 Å². The highest BCUT2D eigenvalue weighted by Gasteiger charge is 2.50. The molecule has 1 fully saturated rings. The maximum atomic E-state index is 14.0. The molecular formula is C21H19FN4O3. The topological polar surface area (TPSA) is 112 Å². The Labute approximate surface area is 166 Å². The molecule has 0 spiro atoms. The van der Waals surface area contributed by atoms with Crippen molar-refractivity contribution < 1.29 is 19.1 Å². The molecule has 0 unspecified atom stereocenters. The van der Waals surface area contributed by atoms with Crippen molar-refractivity contribution in [2.75, 3.05) is 13.1 Å². The summed E-state index contributed by atoms with van der Waals surface area (Å²) in [5, 5.41) is 16.2. The maximum Gasteiger partial charge on any atom is 0.271 e. The molecule has 0 aliphatic carbocycles. The van der Waals surface area contributed by atoms with E-state index in [1.54, 1.807) is 36.4 Å². The summed E-state index contributed by atoms with van der Waals surface area (Å²) in [6, 6.07) is 14.3. The minimum Gasteiger partial charge on any atom is -0.508 e. The van der Waals surface area contributed by atoms with Gasteiger partial charge in [-0.2, -0.15) is 5.10 Å². The van der Waals surface area contributed by atoms with E-state index in [9.17, 15) is 19.1 Å². The molecule has 8 heteroatoms. The summed E-state index contributed by atoms with van der Waals surface area (Å²) in [5.74, 6) is -1.13. The molecule has 1 saturated heterocycles. The number of amides is 2. The fourth-order valence-corrected chi connectivity index (χ4v) is 3.57. The molecule has 3 aromatic rings. The van der Waals surface area contributed by atoms with E-state index in [1.807, 2.05) is 0 Å². The van der Waals surface area contributed by atoms with Gasteiger partial charge in [-0.1, -0.05) is 18.2 Å². The first-order valence-electron chi connectivity index (χ1n) is 9.05. The molecule has 0 atom stereocenters. The van der Waals surface area contributed by atoms with Crippen molar-refractivity contribution in [3.05, 3.63) is 71.7 Å². The summed E-state index contributed by atoms with van der Waals surface area (Å²) in [4.78, 5) is 26.3. The second-order valence-corrected chi connectivity index (χ2v) is 7.29. The van der Waals surface area contributed by atoms with Gasteiger partial charge in [-0.3, -0.25) is 14.7 Å². The van der Waals surface area contributed by atoms with E-state index < -0.39 is 17.1 Å². The number of H-pyrrole nitrogens is 1. The standard InChI is InChI=1S/C21H19FN4O3/c22-16-4-2-1-3-14(16)10-21(20(23)29)11-26(12-21)19(28)18-9-17(24-25-18)13-5-7-15(27)8-6-13/h1-9,27H,10-12H2,(H2,23,29)(H,24,25). The number of nitrogens with one attached hydrogen (secondary N) is 1. The molecule has 1 aromatic heterocycles. The van der Waals surface area contributed by atoms with Crippen LogP contribution >= 0.6 is 0 Å². The molecule has 1 aliphatic heterocycles. The Hall–Kier alpha value is -3.68. The Morgan fingerprint density at radius 1 is 1.17 bits per heavy atom. The highest BCUT2D eigenvalue weighted by Crippen LogP contribution is 2.35. The van der Waals surface area contributed by atoms with Crippen molar-refractivity contribution >= 4 is 11.8 Å². The lowest BCUT2D eigenvalue weighted by Gasteiger charge is -2.48. The molecule has 1 aliphatic rings. The third-order valence-corrected chi connectivity index (χ3v) is 5.25. The third kappa shape index (κ3) is 3.44. The summed E-state index contributed by atoms with van der Waals surface area (Å²) >= 11 is 0. The first-order valence-corrected chi connectivity index (χ1v) is 9.05. The SMILES string of the molecule is NC(=O)C1(Cc2ccccc2F)CN(C(=O)c2cc(-c3ccc(O)cc3)n[nH]2)C1. The van der Waals surface area contributed by atoms with Gasteiger partial charge in [0, 0.05) is 18.7 Å². The monoisotopic (exact) mass is 394 g/mol. The molecule has 2 heterocycles. The molecule has 2 amide bonds. The van der Waals surface area contributed by atoms with Crippen LogP contribution in [-0.2, 0) is 11.2 Å². The Kier molecular flexibility index (Phi) is 4.54. The van der Waals surface area contributed by atoms with Gasteiger partial charge >= 0.3 is 0 Å². The highest BCUT2D eigenvalue weighted by atomic mass is 19.1. The summed E-state index contributed by atoms with van der Waals surface area (Å²) < 4.78 is 14.0. The van der Waals surface area contributed by atoms with Crippen molar-refractivity contribution in [2.24, 2.45) is 11.1 Å². The zero-order valence-electron chi connectivity index (χ0n) is 15.4. The lowest BCUT2D eigenvalue weighted by atomic mass is 9.74. The predicted octanol–water partition coefficient (Wildman–Crippen LogP) is 2.09. The molecule has 148 valence electrons. The normalized spacial score (nSPS) is 15.0. The summed E-state index contributed by atoms with van der Waals surface area (Å²) in [5.41, 5.74) is 6.57. The van der Waals surface area contributed by atoms with Crippen LogP contribution < -0.4 is 5.73 Å². The molecule has 7 nitrogen and oxygen atoms in total. The lowest BCUT2D eigenvalue weighted by molar-refractivity contribution is -0.135. The van der Waals surface area contributed by atoms with E-state index >= 15 is 0 Å². The molecule has 0 bridgehead atoms. The maximum absolute atomic E-state index is 14.0. The van der Waals surface area contributed by atoms with Crippen LogP contribution in [0.25, 0.3) is 11.3 Å². The summed E-state index contributed by atoms with van der Waals surface area (Å²) in [6.07, 6.45) is 0.139. The van der Waals surface area contributed by atoms with E-state index in [4.69, 9.17) is 5.73 Å². The van der Waals surface area contributed by atoms with Crippen LogP contribution in [0.4, 0.5) is 4.39 Å². The Balaban J connectivity index is 1.48. The largest absolute Gasteiger partial charge is 0.508 e. The minimum absolute atomic E-state index is 0.114. The van der Waals surface area contributed by atoms with Crippen LogP contribution in [0.15, 0.2) is 54.6 Å². The van der Waals surface area contributed by atoms with Crippen molar-refractivity contribution in [3.63, 3.8) is 0 Å². The van der Waals surface area contributed by atoms with Crippen LogP contribution in [0.3, 0.4) is 0 Å². The number of aromatic nitrogens is 2. The van der Waals surface area contributed by atoms with Crippen LogP contribution in [0.2, 0.25) is 0 Å². The van der Waals surface area contributed by atoms with E-state index in [0.717, 1.165) is 5.56 Å². The van der Waals surface area contributed by atoms with Crippen LogP contribution in [-0.4, -0.2) is 45.1 Å². The number of hydrogen-bond donors (Lipinski definition) is 3. The number of aromatic amines is 1. The van der Waals surface area contributed by atoms with E-state index in [1.165, 1.54) is 23.1 Å². The molecule has 0 radical (unpaired) electrons. The molecule has 4 rings (SSSR count). The third-order valence-electron chi connectivity index (χ3n) is 5.25. The number of likely N-dealkylation sites (tertiary alicyclic amines) is 1. The van der Waals surface area contributed by atoms with E-state index in [-0.39, 0.29) is 36.9 Å². The second-order valence-electron chi connectivity index (χ2n) is 7.29. The summed E-state index contributed by atoms with van der Waals surface area (Å²) in [7, 11) is 0. The van der Waals surface area contributed by atoms with Crippen molar-refractivity contribution in [2.45, 2.75) is 6.42 Å². The van der Waals surface area contributed by atoms with Gasteiger partial charge in [0.25, 0.3) is 5.91 Å². The number of benzene rings is 2. The van der Waals surface area contributed by atoms with Gasteiger partial charge in [0.15, 0.2) is 0 Å². The lowest BCUT2D eigenvalue weighted by Crippen LogP contribution is -2.65. The average Bonchev–Trinajstić information content (AvgIpc) is 3.16. The molecule has 2 aromatic carbocycles. The van der Waals surface area contributed by atoms with Crippen LogP contribution in [0.1, 0.15) is 16.1 Å². The van der Waals surface area contributed by atoms with E-state index in [2.05, 4.69) is 10.2 Å². The first kappa shape index (κ1) is 18.7. The minimum atomic E-state index is -0.988. The van der Waals surface area contributed by atoms with Gasteiger partial charge in [0.1, 0.15) is 17.3 Å². The molecule has 29 heavy (non-hydrogen) atoms. The number of nitrogens with zero attached hydrogens (tertiary/aromatic N) is 2. The van der Waals surface area contributed by atoms with Gasteiger partial charge in [-0.25, -0.2) is 4.39 Å². The van der Waals surface area contributed by atoms with Gasteiger partial charge < -0.3 is 15.7 Å². The van der Waals surface area contributed by atoms with Crippen molar-refractivity contribution in [1.82, 2.24) is 15.1 Å². The number of carbonyl (C=O) groups excluding carboxylic acids is 2. The number of nitrogens with two attached hydrogens (primary N) is 1. The fourth-order valence-electron chi connectivity index (χ4n) is 3.57. The van der Waals surface area contributed by atoms with Crippen LogP contribution in [0, 0.1) is 11.2 Å². The second kappa shape index (κ2) is 7.05. The van der Waals surface area contributed by atoms with Crippen LogP contribution in [0.5, 0.6) is 5.75 Å². The number of phenols is 1. The number of primary amides is 1. The van der Waals surface area contributed by atoms with Gasteiger partial charge in [-0.15, -0.1) is 0 Å². The number of rotatable bonds is 5. The zero-order chi connectivity index (χ0) is 20.6. The fraction of sp³-hybridized carbons (Fsp3) is 0.190. The number of hydrogen-bond acceptors (Lipinski definition) is 4. The molecule has 4 N–H and O–H groups in total. The van der Waals surface area contributed by atoms with E-state index in [0.29, 0.717) is 11.3 Å². The first-order chi connectivity index (χ1) is 13.9. The quantitative estimate of drug-likeness (QED) is 0.615.